The highest BCUT2D eigenvalue weighted by Crippen LogP contribution is 2.22. The molecule has 0 aliphatic carbocycles. The maximum Gasteiger partial charge on any atom is 0.282 e. The van der Waals surface area contributed by atoms with Crippen LogP contribution in [0.25, 0.3) is 0 Å². The third-order valence-corrected chi connectivity index (χ3v) is 5.59. The number of benzene rings is 2. The molecule has 3 N–H and O–H groups in total. The van der Waals surface area contributed by atoms with Gasteiger partial charge in [-0.2, -0.15) is 0 Å². The highest BCUT2D eigenvalue weighted by atomic mass is 35.5. The van der Waals surface area contributed by atoms with E-state index in [9.17, 15) is 4.79 Å². The van der Waals surface area contributed by atoms with E-state index in [1.807, 2.05) is 43.3 Å². The molecule has 27 heavy (non-hydrogen) atoms. The van der Waals surface area contributed by atoms with Gasteiger partial charge in [-0.3, -0.25) is 4.79 Å². The number of amides is 1. The van der Waals surface area contributed by atoms with E-state index < -0.39 is 0 Å². The molecule has 1 aliphatic heterocycles. The van der Waals surface area contributed by atoms with Gasteiger partial charge in [-0.15, -0.1) is 0 Å². The van der Waals surface area contributed by atoms with E-state index in [4.69, 9.17) is 16.3 Å². The van der Waals surface area contributed by atoms with E-state index in [2.05, 4.69) is 17.4 Å². The Morgan fingerprint density at radius 1 is 1.11 bits per heavy atom. The highest BCUT2D eigenvalue weighted by Gasteiger charge is 2.31. The van der Waals surface area contributed by atoms with Crippen molar-refractivity contribution in [2.24, 2.45) is 0 Å². The van der Waals surface area contributed by atoms with Crippen LogP contribution >= 0.6 is 11.6 Å². The van der Waals surface area contributed by atoms with Gasteiger partial charge < -0.3 is 19.9 Å². The van der Waals surface area contributed by atoms with Gasteiger partial charge in [0.05, 0.1) is 12.8 Å². The number of para-hydroxylation sites is 2. The molecule has 0 radical (unpaired) electrons. The van der Waals surface area contributed by atoms with Crippen LogP contribution in [-0.4, -0.2) is 45.2 Å². The van der Waals surface area contributed by atoms with Crippen LogP contribution in [0.4, 0.5) is 5.69 Å². The lowest BCUT2D eigenvalue weighted by Crippen LogP contribution is -3.29. The lowest BCUT2D eigenvalue weighted by molar-refractivity contribution is -1.02. The SMILES string of the molecule is COc1ccccc1NC(=O)[C@@H](C)[NH+]1CC[NH+](Cc2ccc(Cl)cc2)CC1. The fraction of sp³-hybridized carbons (Fsp3) is 0.381. The summed E-state index contributed by atoms with van der Waals surface area (Å²) in [5.74, 6) is 0.723. The van der Waals surface area contributed by atoms with Crippen LogP contribution in [0.1, 0.15) is 12.5 Å². The van der Waals surface area contributed by atoms with E-state index >= 15 is 0 Å². The van der Waals surface area contributed by atoms with Crippen molar-refractivity contribution in [3.8, 4) is 5.75 Å². The quantitative estimate of drug-likeness (QED) is 0.679. The Bertz CT molecular complexity index is 758. The zero-order chi connectivity index (χ0) is 19.2. The summed E-state index contributed by atoms with van der Waals surface area (Å²) in [6.07, 6.45) is 0. The van der Waals surface area contributed by atoms with Gasteiger partial charge >= 0.3 is 0 Å². The third-order valence-electron chi connectivity index (χ3n) is 5.34. The van der Waals surface area contributed by atoms with Crippen molar-refractivity contribution in [3.05, 3.63) is 59.1 Å². The summed E-state index contributed by atoms with van der Waals surface area (Å²) in [5, 5.41) is 3.79. The molecule has 1 fully saturated rings. The summed E-state index contributed by atoms with van der Waals surface area (Å²) in [7, 11) is 1.61. The Labute approximate surface area is 165 Å². The Hall–Kier alpha value is -2.08. The molecule has 1 heterocycles. The number of nitrogens with one attached hydrogen (secondary N) is 3. The topological polar surface area (TPSA) is 47.2 Å². The van der Waals surface area contributed by atoms with Crippen LogP contribution in [-0.2, 0) is 11.3 Å². The maximum absolute atomic E-state index is 12.7. The average Bonchev–Trinajstić information content (AvgIpc) is 2.70. The zero-order valence-corrected chi connectivity index (χ0v) is 16.7. The lowest BCUT2D eigenvalue weighted by atomic mass is 10.1. The van der Waals surface area contributed by atoms with Crippen molar-refractivity contribution in [2.45, 2.75) is 19.5 Å². The summed E-state index contributed by atoms with van der Waals surface area (Å²) in [6.45, 7) is 7.11. The molecule has 0 spiro atoms. The molecule has 0 unspecified atom stereocenters. The molecule has 2 aromatic carbocycles. The molecule has 6 heteroatoms. The maximum atomic E-state index is 12.7. The van der Waals surface area contributed by atoms with E-state index in [1.54, 1.807) is 12.0 Å². The molecule has 144 valence electrons. The highest BCUT2D eigenvalue weighted by molar-refractivity contribution is 6.30. The number of rotatable bonds is 6. The molecule has 1 amide bonds. The fourth-order valence-corrected chi connectivity index (χ4v) is 3.73. The minimum Gasteiger partial charge on any atom is -0.495 e. The molecular weight excluding hydrogens is 362 g/mol. The van der Waals surface area contributed by atoms with E-state index in [-0.39, 0.29) is 11.9 Å². The third kappa shape index (κ3) is 5.22. The van der Waals surface area contributed by atoms with Gasteiger partial charge in [0.1, 0.15) is 38.5 Å². The number of quaternary nitrogens is 2. The van der Waals surface area contributed by atoms with Crippen LogP contribution in [0.5, 0.6) is 5.75 Å². The molecule has 3 rings (SSSR count). The Balaban J connectivity index is 1.51. The second-order valence-corrected chi connectivity index (χ2v) is 7.56. The Morgan fingerprint density at radius 3 is 2.44 bits per heavy atom. The summed E-state index contributed by atoms with van der Waals surface area (Å²) in [6, 6.07) is 15.5. The molecule has 0 aromatic heterocycles. The number of halogens is 1. The number of piperazine rings is 1. The molecule has 1 saturated heterocycles. The van der Waals surface area contributed by atoms with Crippen molar-refractivity contribution >= 4 is 23.2 Å². The smallest absolute Gasteiger partial charge is 0.282 e. The first-order valence-electron chi connectivity index (χ1n) is 9.43. The van der Waals surface area contributed by atoms with E-state index in [1.165, 1.54) is 10.5 Å². The second kappa shape index (κ2) is 9.22. The van der Waals surface area contributed by atoms with Gasteiger partial charge in [-0.05, 0) is 31.2 Å². The largest absolute Gasteiger partial charge is 0.495 e. The van der Waals surface area contributed by atoms with Crippen LogP contribution < -0.4 is 19.9 Å². The molecular formula is C21H28ClN3O2+2. The van der Waals surface area contributed by atoms with Gasteiger partial charge in [-0.1, -0.05) is 35.9 Å². The van der Waals surface area contributed by atoms with Crippen molar-refractivity contribution < 1.29 is 19.3 Å². The van der Waals surface area contributed by atoms with Crippen molar-refractivity contribution in [2.75, 3.05) is 38.6 Å². The molecule has 2 aromatic rings. The second-order valence-electron chi connectivity index (χ2n) is 7.12. The first-order chi connectivity index (χ1) is 13.1. The first kappa shape index (κ1) is 19.7. The predicted molar refractivity (Wildman–Crippen MR) is 108 cm³/mol. The molecule has 0 saturated carbocycles. The van der Waals surface area contributed by atoms with Crippen LogP contribution in [0.15, 0.2) is 48.5 Å². The van der Waals surface area contributed by atoms with E-state index in [0.717, 1.165) is 43.4 Å². The van der Waals surface area contributed by atoms with Gasteiger partial charge in [-0.25, -0.2) is 0 Å². The monoisotopic (exact) mass is 389 g/mol. The Kier molecular flexibility index (Phi) is 6.72. The minimum absolute atomic E-state index is 0.0376. The molecule has 1 atom stereocenters. The lowest BCUT2D eigenvalue weighted by Gasteiger charge is -2.32. The van der Waals surface area contributed by atoms with Crippen molar-refractivity contribution in [3.63, 3.8) is 0 Å². The van der Waals surface area contributed by atoms with Gasteiger partial charge in [0.25, 0.3) is 5.91 Å². The van der Waals surface area contributed by atoms with Gasteiger partial charge in [0, 0.05) is 10.6 Å². The Morgan fingerprint density at radius 2 is 1.78 bits per heavy atom. The van der Waals surface area contributed by atoms with Crippen LogP contribution in [0, 0.1) is 0 Å². The van der Waals surface area contributed by atoms with E-state index in [0.29, 0.717) is 5.75 Å². The van der Waals surface area contributed by atoms with Crippen LogP contribution in [0.2, 0.25) is 5.02 Å². The summed E-state index contributed by atoms with van der Waals surface area (Å²) < 4.78 is 5.32. The van der Waals surface area contributed by atoms with Crippen LogP contribution in [0.3, 0.4) is 0 Å². The predicted octanol–water partition coefficient (Wildman–Crippen LogP) is 0.659. The van der Waals surface area contributed by atoms with Crippen molar-refractivity contribution in [1.29, 1.82) is 0 Å². The number of ether oxygens (including phenoxy) is 1. The molecule has 5 nitrogen and oxygen atoms in total. The number of hydrogen-bond acceptors (Lipinski definition) is 2. The molecule has 1 aliphatic rings. The average molecular weight is 390 g/mol. The number of anilines is 1. The summed E-state index contributed by atoms with van der Waals surface area (Å²) in [5.41, 5.74) is 2.03. The van der Waals surface area contributed by atoms with Gasteiger partial charge in [0.2, 0.25) is 0 Å². The zero-order valence-electron chi connectivity index (χ0n) is 15.9. The summed E-state index contributed by atoms with van der Waals surface area (Å²) in [4.78, 5) is 15.6. The minimum atomic E-state index is -0.0907. The standard InChI is InChI=1S/C21H26ClN3O2/c1-16(21(26)23-19-5-3-4-6-20(19)27-2)25-13-11-24(12-14-25)15-17-7-9-18(22)10-8-17/h3-10,16H,11-15H2,1-2H3,(H,23,26)/p+2/t16-/m1/s1. The van der Waals surface area contributed by atoms with Crippen molar-refractivity contribution in [1.82, 2.24) is 0 Å². The number of hydrogen-bond donors (Lipinski definition) is 3. The fourth-order valence-electron chi connectivity index (χ4n) is 3.60. The normalized spacial score (nSPS) is 20.7. The summed E-state index contributed by atoms with van der Waals surface area (Å²) >= 11 is 5.96. The first-order valence-corrected chi connectivity index (χ1v) is 9.81. The number of carbonyl (C=O) groups excluding carboxylic acids is 1. The molecule has 0 bridgehead atoms. The van der Waals surface area contributed by atoms with Gasteiger partial charge in [0.15, 0.2) is 6.04 Å². The number of carbonyl (C=O) groups is 1. The number of methoxy groups -OCH3 is 1.